The number of carbonyl (C=O) groups excluding carboxylic acids is 1. The fraction of sp³-hybridized carbons (Fsp3) is 0.393. The highest BCUT2D eigenvalue weighted by Crippen LogP contribution is 2.43. The Labute approximate surface area is 236 Å². The van der Waals surface area contributed by atoms with Gasteiger partial charge >= 0.3 is 5.97 Å². The second kappa shape index (κ2) is 12.7. The molecular weight excluding hydrogens is 568 g/mol. The molecule has 0 bridgehead atoms. The Hall–Kier alpha value is -2.98. The Morgan fingerprint density at radius 2 is 2.03 bits per heavy atom. The van der Waals surface area contributed by atoms with Crippen LogP contribution in [-0.2, 0) is 16.1 Å². The first kappa shape index (κ1) is 28.0. The van der Waals surface area contributed by atoms with Crippen molar-refractivity contribution < 1.29 is 19.0 Å². The lowest BCUT2D eigenvalue weighted by Crippen LogP contribution is -2.29. The van der Waals surface area contributed by atoms with Gasteiger partial charge in [0.05, 0.1) is 23.8 Å². The number of thioether (sulfide) groups is 1. The molecule has 0 fully saturated rings. The zero-order valence-corrected chi connectivity index (χ0v) is 24.7. The van der Waals surface area contributed by atoms with Gasteiger partial charge in [-0.15, -0.1) is 5.10 Å². The first-order valence-corrected chi connectivity index (χ1v) is 14.4. The minimum absolute atomic E-state index is 0.267. The van der Waals surface area contributed by atoms with Gasteiger partial charge in [0, 0.05) is 11.4 Å². The third-order valence-electron chi connectivity index (χ3n) is 6.09. The van der Waals surface area contributed by atoms with Crippen LogP contribution in [0.25, 0.3) is 0 Å². The lowest BCUT2D eigenvalue weighted by atomic mass is 9.95. The van der Waals surface area contributed by atoms with Crippen LogP contribution in [0.1, 0.15) is 56.3 Å². The van der Waals surface area contributed by atoms with Gasteiger partial charge in [-0.05, 0) is 66.4 Å². The van der Waals surface area contributed by atoms with Gasteiger partial charge < -0.3 is 19.5 Å². The predicted octanol–water partition coefficient (Wildman–Crippen LogP) is 6.68. The quantitative estimate of drug-likeness (QED) is 0.148. The van der Waals surface area contributed by atoms with E-state index < -0.39 is 12.0 Å². The van der Waals surface area contributed by atoms with E-state index >= 15 is 0 Å². The van der Waals surface area contributed by atoms with Crippen molar-refractivity contribution in [1.29, 1.82) is 0 Å². The van der Waals surface area contributed by atoms with Crippen molar-refractivity contribution in [3.05, 3.63) is 68.8 Å². The van der Waals surface area contributed by atoms with Crippen LogP contribution in [0, 0.1) is 6.92 Å². The molecule has 1 atom stereocenters. The number of nitrogens with one attached hydrogen (secondary N) is 1. The highest BCUT2D eigenvalue weighted by molar-refractivity contribution is 9.10. The van der Waals surface area contributed by atoms with E-state index in [0.29, 0.717) is 45.0 Å². The number of aromatic nitrogens is 3. The number of carbonyl (C=O) groups is 1. The summed E-state index contributed by atoms with van der Waals surface area (Å²) in [7, 11) is 1.60. The molecule has 10 heteroatoms. The van der Waals surface area contributed by atoms with Crippen LogP contribution >= 0.6 is 27.7 Å². The number of nitrogens with zero attached hydrogens (tertiary/aromatic N) is 3. The lowest BCUT2D eigenvalue weighted by molar-refractivity contribution is -0.139. The number of anilines is 1. The minimum atomic E-state index is -0.561. The molecule has 1 N–H and O–H groups in total. The Bertz CT molecular complexity index is 1340. The van der Waals surface area contributed by atoms with Crippen LogP contribution in [-0.4, -0.2) is 40.2 Å². The maximum absolute atomic E-state index is 13.2. The molecule has 0 amide bonds. The minimum Gasteiger partial charge on any atom is -0.493 e. The average molecular weight is 602 g/mol. The number of esters is 1. The summed E-state index contributed by atoms with van der Waals surface area (Å²) in [5.74, 6) is 2.22. The number of methoxy groups -OCH3 is 1. The van der Waals surface area contributed by atoms with E-state index in [1.54, 1.807) is 30.5 Å². The summed E-state index contributed by atoms with van der Waals surface area (Å²) >= 11 is 5.29. The monoisotopic (exact) mass is 600 g/mol. The summed E-state index contributed by atoms with van der Waals surface area (Å²) in [5, 5.41) is 8.68. The van der Waals surface area contributed by atoms with Gasteiger partial charge in [0.2, 0.25) is 11.1 Å². The van der Waals surface area contributed by atoms with Crippen LogP contribution < -0.4 is 14.8 Å². The zero-order chi connectivity index (χ0) is 27.2. The highest BCUT2D eigenvalue weighted by Gasteiger charge is 2.36. The number of halogens is 1. The maximum Gasteiger partial charge on any atom is 0.338 e. The Morgan fingerprint density at radius 1 is 1.21 bits per heavy atom. The van der Waals surface area contributed by atoms with Crippen LogP contribution in [0.2, 0.25) is 0 Å². The van der Waals surface area contributed by atoms with E-state index in [9.17, 15) is 4.79 Å². The number of rotatable bonds is 11. The first-order valence-electron chi connectivity index (χ1n) is 12.7. The van der Waals surface area contributed by atoms with Crippen molar-refractivity contribution in [3.63, 3.8) is 0 Å². The van der Waals surface area contributed by atoms with E-state index in [-0.39, 0.29) is 6.61 Å². The molecule has 3 aromatic rings. The molecule has 1 unspecified atom stereocenters. The molecule has 0 aliphatic carbocycles. The summed E-state index contributed by atoms with van der Waals surface area (Å²) in [6, 6.07) is 11.4. The number of unbranched alkanes of at least 4 members (excludes halogenated alkanes) is 1. The van der Waals surface area contributed by atoms with E-state index in [0.717, 1.165) is 29.7 Å². The van der Waals surface area contributed by atoms with Crippen molar-refractivity contribution in [2.75, 3.05) is 24.8 Å². The number of hydrogen-bond acceptors (Lipinski definition) is 8. The van der Waals surface area contributed by atoms with Gasteiger partial charge in [0.15, 0.2) is 11.5 Å². The van der Waals surface area contributed by atoms with E-state index in [1.807, 2.05) is 31.2 Å². The fourth-order valence-electron chi connectivity index (χ4n) is 4.28. The first-order chi connectivity index (χ1) is 18.4. The Kier molecular flexibility index (Phi) is 9.38. The van der Waals surface area contributed by atoms with Gasteiger partial charge in [-0.25, -0.2) is 9.48 Å². The second-order valence-electron chi connectivity index (χ2n) is 8.96. The fourth-order valence-corrected chi connectivity index (χ4v) is 5.76. The number of benzene rings is 2. The van der Waals surface area contributed by atoms with Gasteiger partial charge in [-0.2, -0.15) is 4.98 Å². The third-order valence-corrected chi connectivity index (χ3v) is 7.60. The molecule has 1 aliphatic heterocycles. The van der Waals surface area contributed by atoms with Crippen LogP contribution in [0.4, 0.5) is 5.95 Å². The predicted molar refractivity (Wildman–Crippen MR) is 153 cm³/mol. The van der Waals surface area contributed by atoms with Crippen LogP contribution in [0.15, 0.2) is 57.3 Å². The summed E-state index contributed by atoms with van der Waals surface area (Å²) in [5.41, 5.74) is 4.16. The van der Waals surface area contributed by atoms with Gasteiger partial charge in [0.25, 0.3) is 0 Å². The zero-order valence-electron chi connectivity index (χ0n) is 22.3. The van der Waals surface area contributed by atoms with Crippen molar-refractivity contribution in [1.82, 2.24) is 14.8 Å². The summed E-state index contributed by atoms with van der Waals surface area (Å²) in [6.07, 6.45) is 2.17. The molecular formula is C28H33BrN4O4S. The van der Waals surface area contributed by atoms with Crippen molar-refractivity contribution in [3.8, 4) is 11.5 Å². The van der Waals surface area contributed by atoms with E-state index in [2.05, 4.69) is 47.2 Å². The molecule has 1 aliphatic rings. The normalized spacial score (nSPS) is 14.6. The molecule has 202 valence electrons. The molecule has 0 saturated carbocycles. The van der Waals surface area contributed by atoms with E-state index in [1.165, 1.54) is 5.56 Å². The SMILES string of the molecule is CCCCSc1nc2n(n1)C(c1cc(Br)c(OCc3cccc(C)c3)c(OC)c1)C(C(=O)OCC)=C(C)N2. The second-order valence-corrected chi connectivity index (χ2v) is 10.9. The maximum atomic E-state index is 13.2. The van der Waals surface area contributed by atoms with E-state index in [4.69, 9.17) is 24.3 Å². The topological polar surface area (TPSA) is 87.5 Å². The number of hydrogen-bond donors (Lipinski definition) is 1. The van der Waals surface area contributed by atoms with Crippen molar-refractivity contribution >= 4 is 39.6 Å². The molecule has 38 heavy (non-hydrogen) atoms. The van der Waals surface area contributed by atoms with Crippen molar-refractivity contribution in [2.24, 2.45) is 0 Å². The third kappa shape index (κ3) is 6.18. The largest absolute Gasteiger partial charge is 0.493 e. The number of fused-ring (bicyclic) bond motifs is 1. The molecule has 0 radical (unpaired) electrons. The average Bonchev–Trinajstić information content (AvgIpc) is 3.29. The molecule has 1 aromatic heterocycles. The molecule has 0 saturated heterocycles. The number of ether oxygens (including phenoxy) is 3. The number of aryl methyl sites for hydroxylation is 1. The van der Waals surface area contributed by atoms with Gasteiger partial charge in [-0.3, -0.25) is 0 Å². The van der Waals surface area contributed by atoms with Gasteiger partial charge in [0.1, 0.15) is 12.6 Å². The standard InChI is InChI=1S/C28H33BrN4O4S/c1-6-8-12-38-28-31-27-30-18(4)23(26(34)36-7-2)24(33(27)32-28)20-14-21(29)25(22(15-20)35-5)37-16-19-11-9-10-17(3)13-19/h9-11,13-15,24H,6-8,12,16H2,1-5H3,(H,30,31,32). The Morgan fingerprint density at radius 3 is 2.74 bits per heavy atom. The summed E-state index contributed by atoms with van der Waals surface area (Å²) in [4.78, 5) is 17.8. The van der Waals surface area contributed by atoms with Crippen LogP contribution in [0.5, 0.6) is 11.5 Å². The Balaban J connectivity index is 1.74. The molecule has 2 aromatic carbocycles. The summed E-state index contributed by atoms with van der Waals surface area (Å²) < 4.78 is 19.8. The molecule has 4 rings (SSSR count). The summed E-state index contributed by atoms with van der Waals surface area (Å²) in [6.45, 7) is 8.51. The highest BCUT2D eigenvalue weighted by atomic mass is 79.9. The molecule has 8 nitrogen and oxygen atoms in total. The van der Waals surface area contributed by atoms with Crippen molar-refractivity contribution in [2.45, 2.75) is 58.3 Å². The van der Waals surface area contributed by atoms with Gasteiger partial charge in [-0.1, -0.05) is 54.9 Å². The van der Waals surface area contributed by atoms with Crippen LogP contribution in [0.3, 0.4) is 0 Å². The number of allylic oxidation sites excluding steroid dienone is 1. The molecule has 2 heterocycles. The lowest BCUT2D eigenvalue weighted by Gasteiger charge is -2.28. The smallest absolute Gasteiger partial charge is 0.338 e. The molecule has 0 spiro atoms.